The highest BCUT2D eigenvalue weighted by atomic mass is 16.2. The third-order valence-electron chi connectivity index (χ3n) is 2.73. The minimum absolute atomic E-state index is 0.00801. The summed E-state index contributed by atoms with van der Waals surface area (Å²) in [6, 6.07) is -0.561. The van der Waals surface area contributed by atoms with Gasteiger partial charge < -0.3 is 10.6 Å². The fraction of sp³-hybridized carbons (Fsp3) is 0.818. The van der Waals surface area contributed by atoms with Gasteiger partial charge in [0.2, 0.25) is 11.8 Å². The molecule has 0 aliphatic carbocycles. The zero-order valence-electron chi connectivity index (χ0n) is 10.0. The summed E-state index contributed by atoms with van der Waals surface area (Å²) >= 11 is 0. The van der Waals surface area contributed by atoms with Crippen LogP contribution < -0.4 is 16.0 Å². The number of carbonyl (C=O) groups is 2. The summed E-state index contributed by atoms with van der Waals surface area (Å²) in [6.45, 7) is 5.01. The molecule has 0 aromatic carbocycles. The van der Waals surface area contributed by atoms with Gasteiger partial charge >= 0.3 is 0 Å². The lowest BCUT2D eigenvalue weighted by Gasteiger charge is -2.20. The minimum Gasteiger partial charge on any atom is -0.355 e. The second-order valence-electron chi connectivity index (χ2n) is 4.12. The number of carbonyl (C=O) groups excluding carboxylic acids is 2. The van der Waals surface area contributed by atoms with E-state index >= 15 is 0 Å². The van der Waals surface area contributed by atoms with Gasteiger partial charge in [-0.2, -0.15) is 0 Å². The Morgan fingerprint density at radius 2 is 2.31 bits per heavy atom. The summed E-state index contributed by atoms with van der Waals surface area (Å²) in [6.07, 6.45) is 2.83. The Kier molecular flexibility index (Phi) is 5.25. The van der Waals surface area contributed by atoms with Crippen molar-refractivity contribution in [3.05, 3.63) is 0 Å². The molecular formula is C11H21N3O2. The first kappa shape index (κ1) is 13.0. The predicted octanol–water partition coefficient (Wildman–Crippen LogP) is -0.231. The summed E-state index contributed by atoms with van der Waals surface area (Å²) in [5.74, 6) is -0.0480. The fourth-order valence-electron chi connectivity index (χ4n) is 1.80. The molecule has 1 fully saturated rings. The number of amides is 2. The molecule has 1 aliphatic rings. The molecule has 5 heteroatoms. The summed E-state index contributed by atoms with van der Waals surface area (Å²) in [5.41, 5.74) is 0. The van der Waals surface area contributed by atoms with E-state index in [4.69, 9.17) is 0 Å². The lowest BCUT2D eigenvalue weighted by Crippen LogP contribution is -2.51. The molecular weight excluding hydrogens is 206 g/mol. The lowest BCUT2D eigenvalue weighted by atomic mass is 10.1. The molecule has 2 unspecified atom stereocenters. The SMILES string of the molecule is CCNC(=O)C(C)NC1CCCCNC1=O. The molecule has 0 bridgehead atoms. The van der Waals surface area contributed by atoms with Gasteiger partial charge in [-0.15, -0.1) is 0 Å². The van der Waals surface area contributed by atoms with Crippen molar-refractivity contribution in [3.63, 3.8) is 0 Å². The zero-order valence-corrected chi connectivity index (χ0v) is 10.0. The quantitative estimate of drug-likeness (QED) is 0.621. The maximum atomic E-state index is 11.6. The van der Waals surface area contributed by atoms with Gasteiger partial charge in [-0.25, -0.2) is 0 Å². The van der Waals surface area contributed by atoms with Gasteiger partial charge in [0, 0.05) is 13.1 Å². The van der Waals surface area contributed by atoms with Crippen molar-refractivity contribution in [1.29, 1.82) is 0 Å². The molecule has 5 nitrogen and oxygen atoms in total. The van der Waals surface area contributed by atoms with Crippen molar-refractivity contribution in [2.75, 3.05) is 13.1 Å². The smallest absolute Gasteiger partial charge is 0.237 e. The van der Waals surface area contributed by atoms with E-state index in [1.54, 1.807) is 6.92 Å². The number of hydrogen-bond acceptors (Lipinski definition) is 3. The summed E-state index contributed by atoms with van der Waals surface area (Å²) < 4.78 is 0. The van der Waals surface area contributed by atoms with Crippen molar-refractivity contribution in [2.24, 2.45) is 0 Å². The van der Waals surface area contributed by atoms with Gasteiger partial charge in [0.25, 0.3) is 0 Å². The van der Waals surface area contributed by atoms with E-state index in [2.05, 4.69) is 16.0 Å². The van der Waals surface area contributed by atoms with Crippen molar-refractivity contribution < 1.29 is 9.59 Å². The largest absolute Gasteiger partial charge is 0.355 e. The van der Waals surface area contributed by atoms with E-state index in [9.17, 15) is 9.59 Å². The van der Waals surface area contributed by atoms with Gasteiger partial charge in [0.05, 0.1) is 12.1 Å². The average molecular weight is 227 g/mol. The molecule has 1 aliphatic heterocycles. The van der Waals surface area contributed by atoms with Crippen LogP contribution in [-0.4, -0.2) is 37.0 Å². The third-order valence-corrected chi connectivity index (χ3v) is 2.73. The van der Waals surface area contributed by atoms with Gasteiger partial charge in [-0.05, 0) is 33.1 Å². The molecule has 1 rings (SSSR count). The second-order valence-corrected chi connectivity index (χ2v) is 4.12. The first-order chi connectivity index (χ1) is 7.65. The van der Waals surface area contributed by atoms with Crippen molar-refractivity contribution in [2.45, 2.75) is 45.2 Å². The van der Waals surface area contributed by atoms with Crippen LogP contribution in [-0.2, 0) is 9.59 Å². The Morgan fingerprint density at radius 3 is 3.00 bits per heavy atom. The van der Waals surface area contributed by atoms with Crippen LogP contribution in [0.1, 0.15) is 33.1 Å². The Balaban J connectivity index is 2.44. The van der Waals surface area contributed by atoms with E-state index in [1.807, 2.05) is 6.92 Å². The molecule has 1 saturated heterocycles. The second kappa shape index (κ2) is 6.48. The molecule has 0 radical (unpaired) electrons. The fourth-order valence-corrected chi connectivity index (χ4v) is 1.80. The summed E-state index contributed by atoms with van der Waals surface area (Å²) in [4.78, 5) is 23.1. The van der Waals surface area contributed by atoms with Gasteiger partial charge in [-0.1, -0.05) is 0 Å². The van der Waals surface area contributed by atoms with E-state index in [1.165, 1.54) is 0 Å². The Bertz CT molecular complexity index is 256. The maximum Gasteiger partial charge on any atom is 0.237 e. The van der Waals surface area contributed by atoms with Crippen LogP contribution in [0.25, 0.3) is 0 Å². The van der Waals surface area contributed by atoms with Gasteiger partial charge in [-0.3, -0.25) is 14.9 Å². The summed E-state index contributed by atoms with van der Waals surface area (Å²) in [7, 11) is 0. The Morgan fingerprint density at radius 1 is 1.56 bits per heavy atom. The predicted molar refractivity (Wildman–Crippen MR) is 61.9 cm³/mol. The molecule has 2 amide bonds. The Labute approximate surface area is 96.4 Å². The molecule has 1 heterocycles. The van der Waals surface area contributed by atoms with E-state index in [0.717, 1.165) is 25.8 Å². The molecule has 3 N–H and O–H groups in total. The Hall–Kier alpha value is -1.10. The van der Waals surface area contributed by atoms with E-state index in [0.29, 0.717) is 6.54 Å². The maximum absolute atomic E-state index is 11.6. The van der Waals surface area contributed by atoms with Crippen LogP contribution in [0.15, 0.2) is 0 Å². The number of nitrogens with one attached hydrogen (secondary N) is 3. The first-order valence-electron chi connectivity index (χ1n) is 5.96. The first-order valence-corrected chi connectivity index (χ1v) is 5.96. The zero-order chi connectivity index (χ0) is 12.0. The summed E-state index contributed by atoms with van der Waals surface area (Å²) in [5, 5.41) is 8.64. The normalized spacial score (nSPS) is 23.1. The average Bonchev–Trinajstić information content (AvgIpc) is 2.45. The molecule has 92 valence electrons. The van der Waals surface area contributed by atoms with Crippen LogP contribution in [0.2, 0.25) is 0 Å². The van der Waals surface area contributed by atoms with Gasteiger partial charge in [0.15, 0.2) is 0 Å². The van der Waals surface area contributed by atoms with Crippen LogP contribution in [0, 0.1) is 0 Å². The highest BCUT2D eigenvalue weighted by Gasteiger charge is 2.24. The van der Waals surface area contributed by atoms with Crippen LogP contribution in [0.5, 0.6) is 0 Å². The van der Waals surface area contributed by atoms with Crippen LogP contribution in [0.4, 0.5) is 0 Å². The van der Waals surface area contributed by atoms with E-state index in [-0.39, 0.29) is 23.9 Å². The standard InChI is InChI=1S/C11H21N3O2/c1-3-12-10(15)8(2)14-9-6-4-5-7-13-11(9)16/h8-9,14H,3-7H2,1-2H3,(H,12,15)(H,13,16). The van der Waals surface area contributed by atoms with Gasteiger partial charge in [0.1, 0.15) is 0 Å². The lowest BCUT2D eigenvalue weighted by molar-refractivity contribution is -0.125. The highest BCUT2D eigenvalue weighted by molar-refractivity contribution is 5.85. The molecule has 16 heavy (non-hydrogen) atoms. The number of hydrogen-bond donors (Lipinski definition) is 3. The molecule has 0 saturated carbocycles. The molecule has 0 aromatic rings. The highest BCUT2D eigenvalue weighted by Crippen LogP contribution is 2.06. The molecule has 0 spiro atoms. The van der Waals surface area contributed by atoms with Crippen LogP contribution >= 0.6 is 0 Å². The monoisotopic (exact) mass is 227 g/mol. The molecule has 0 aromatic heterocycles. The van der Waals surface area contributed by atoms with Crippen LogP contribution in [0.3, 0.4) is 0 Å². The topological polar surface area (TPSA) is 70.2 Å². The van der Waals surface area contributed by atoms with Crippen molar-refractivity contribution in [3.8, 4) is 0 Å². The minimum atomic E-state index is -0.325. The number of rotatable bonds is 4. The van der Waals surface area contributed by atoms with Crippen molar-refractivity contribution in [1.82, 2.24) is 16.0 Å². The third kappa shape index (κ3) is 3.81. The van der Waals surface area contributed by atoms with E-state index < -0.39 is 0 Å². The van der Waals surface area contributed by atoms with Crippen molar-refractivity contribution >= 4 is 11.8 Å². The number of likely N-dealkylation sites (N-methyl/N-ethyl adjacent to an activating group) is 1. The molecule has 2 atom stereocenters.